The molecule has 0 spiro atoms. The highest BCUT2D eigenvalue weighted by molar-refractivity contribution is 6.10. The first-order valence-corrected chi connectivity index (χ1v) is 5.90. The second kappa shape index (κ2) is 5.53. The molecule has 3 nitrogen and oxygen atoms in total. The van der Waals surface area contributed by atoms with Gasteiger partial charge in [-0.25, -0.2) is 0 Å². The molecule has 1 aromatic rings. The summed E-state index contributed by atoms with van der Waals surface area (Å²) in [4.78, 5) is 12.3. The number of para-hydroxylation sites is 1. The first-order valence-electron chi connectivity index (χ1n) is 5.90. The topological polar surface area (TPSA) is 35.5 Å². The fraction of sp³-hybridized carbons (Fsp3) is 0.357. The zero-order chi connectivity index (χ0) is 12.1. The molecule has 2 rings (SSSR count). The third-order valence-electron chi connectivity index (χ3n) is 2.66. The predicted octanol–water partition coefficient (Wildman–Crippen LogP) is 2.96. The van der Waals surface area contributed by atoms with Gasteiger partial charge in [-0.1, -0.05) is 12.1 Å². The molecule has 0 amide bonds. The van der Waals surface area contributed by atoms with Crippen molar-refractivity contribution in [3.8, 4) is 5.75 Å². The van der Waals surface area contributed by atoms with E-state index < -0.39 is 0 Å². The largest absolute Gasteiger partial charge is 0.501 e. The minimum atomic E-state index is 0.00810. The second-order valence-electron chi connectivity index (χ2n) is 3.88. The molecule has 0 fully saturated rings. The Bertz CT molecular complexity index is 435. The van der Waals surface area contributed by atoms with Crippen LogP contribution in [0.2, 0.25) is 0 Å². The maximum absolute atomic E-state index is 12.3. The van der Waals surface area contributed by atoms with Gasteiger partial charge in [-0.3, -0.25) is 4.79 Å². The quantitative estimate of drug-likeness (QED) is 0.749. The van der Waals surface area contributed by atoms with E-state index in [0.717, 1.165) is 18.4 Å². The summed E-state index contributed by atoms with van der Waals surface area (Å²) < 4.78 is 10.7. The van der Waals surface area contributed by atoms with E-state index in [0.29, 0.717) is 24.5 Å². The van der Waals surface area contributed by atoms with Crippen LogP contribution >= 0.6 is 0 Å². The molecular formula is C14H16O3. The average molecular weight is 232 g/mol. The summed E-state index contributed by atoms with van der Waals surface area (Å²) in [6.45, 7) is 3.16. The number of Topliss-reactive ketones (excluding diaryl/α,β-unsaturated/α-hetero) is 1. The number of ether oxygens (including phenoxy) is 2. The molecule has 0 saturated heterocycles. The number of ketones is 1. The summed E-state index contributed by atoms with van der Waals surface area (Å²) in [5.74, 6) is 0.653. The zero-order valence-corrected chi connectivity index (χ0v) is 9.94. The van der Waals surface area contributed by atoms with Crippen molar-refractivity contribution >= 4 is 5.78 Å². The lowest BCUT2D eigenvalue weighted by molar-refractivity contribution is 0.101. The molecule has 1 aromatic carbocycles. The first kappa shape index (κ1) is 11.7. The van der Waals surface area contributed by atoms with E-state index in [4.69, 9.17) is 9.47 Å². The number of hydrogen-bond acceptors (Lipinski definition) is 3. The standard InChI is InChI=1S/C14H16O3/c1-2-17-13-8-4-3-7-12(13)14(15)11-6-5-9-16-10-11/h3-4,7-8,10H,2,5-6,9H2,1H3. The van der Waals surface area contributed by atoms with Crippen LogP contribution in [-0.2, 0) is 4.74 Å². The van der Waals surface area contributed by atoms with Gasteiger partial charge < -0.3 is 9.47 Å². The number of rotatable bonds is 4. The van der Waals surface area contributed by atoms with Crippen molar-refractivity contribution in [3.63, 3.8) is 0 Å². The van der Waals surface area contributed by atoms with E-state index in [1.54, 1.807) is 12.3 Å². The fourth-order valence-electron chi connectivity index (χ4n) is 1.84. The van der Waals surface area contributed by atoms with Crippen LogP contribution in [0.25, 0.3) is 0 Å². The van der Waals surface area contributed by atoms with Gasteiger partial charge in [0.05, 0.1) is 25.0 Å². The minimum absolute atomic E-state index is 0.00810. The molecule has 0 aromatic heterocycles. The number of benzene rings is 1. The van der Waals surface area contributed by atoms with Gasteiger partial charge >= 0.3 is 0 Å². The molecule has 1 aliphatic heterocycles. The maximum Gasteiger partial charge on any atom is 0.195 e. The van der Waals surface area contributed by atoms with Crippen molar-refractivity contribution in [2.75, 3.05) is 13.2 Å². The number of hydrogen-bond donors (Lipinski definition) is 0. The van der Waals surface area contributed by atoms with Crippen LogP contribution in [0.15, 0.2) is 36.1 Å². The van der Waals surface area contributed by atoms with E-state index in [2.05, 4.69) is 0 Å². The lowest BCUT2D eigenvalue weighted by atomic mass is 9.99. The van der Waals surface area contributed by atoms with Gasteiger partial charge in [-0.05, 0) is 31.9 Å². The summed E-state index contributed by atoms with van der Waals surface area (Å²) in [6, 6.07) is 7.33. The molecule has 0 bridgehead atoms. The normalized spacial score (nSPS) is 14.8. The van der Waals surface area contributed by atoms with Crippen LogP contribution in [-0.4, -0.2) is 19.0 Å². The van der Waals surface area contributed by atoms with Crippen molar-refractivity contribution in [1.82, 2.24) is 0 Å². The fourth-order valence-corrected chi connectivity index (χ4v) is 1.84. The van der Waals surface area contributed by atoms with Crippen molar-refractivity contribution in [2.45, 2.75) is 19.8 Å². The monoisotopic (exact) mass is 232 g/mol. The molecule has 3 heteroatoms. The number of allylic oxidation sites excluding steroid dienone is 1. The van der Waals surface area contributed by atoms with Crippen LogP contribution in [0.5, 0.6) is 5.75 Å². The Morgan fingerprint density at radius 3 is 2.94 bits per heavy atom. The van der Waals surface area contributed by atoms with E-state index >= 15 is 0 Å². The predicted molar refractivity (Wildman–Crippen MR) is 65.2 cm³/mol. The van der Waals surface area contributed by atoms with E-state index in [1.807, 2.05) is 25.1 Å². The van der Waals surface area contributed by atoms with Crippen LogP contribution in [0.1, 0.15) is 30.1 Å². The van der Waals surface area contributed by atoms with E-state index in [9.17, 15) is 4.79 Å². The van der Waals surface area contributed by atoms with Crippen LogP contribution in [0.4, 0.5) is 0 Å². The number of carbonyl (C=O) groups is 1. The lowest BCUT2D eigenvalue weighted by Crippen LogP contribution is -2.11. The Balaban J connectivity index is 2.26. The van der Waals surface area contributed by atoms with Gasteiger partial charge in [0.15, 0.2) is 5.78 Å². The van der Waals surface area contributed by atoms with Crippen molar-refractivity contribution < 1.29 is 14.3 Å². The van der Waals surface area contributed by atoms with E-state index in [1.165, 1.54) is 0 Å². The molecule has 0 saturated carbocycles. The van der Waals surface area contributed by atoms with Gasteiger partial charge in [0.2, 0.25) is 0 Å². The molecule has 1 aliphatic rings. The van der Waals surface area contributed by atoms with Gasteiger partial charge in [0.1, 0.15) is 5.75 Å². The minimum Gasteiger partial charge on any atom is -0.501 e. The highest BCUT2D eigenvalue weighted by Crippen LogP contribution is 2.24. The van der Waals surface area contributed by atoms with Crippen LogP contribution < -0.4 is 4.74 Å². The molecule has 17 heavy (non-hydrogen) atoms. The lowest BCUT2D eigenvalue weighted by Gasteiger charge is -2.14. The molecule has 0 unspecified atom stereocenters. The Kier molecular flexibility index (Phi) is 3.81. The SMILES string of the molecule is CCOc1ccccc1C(=O)C1=COCCC1. The molecular weight excluding hydrogens is 216 g/mol. The van der Waals surface area contributed by atoms with Gasteiger partial charge in [-0.2, -0.15) is 0 Å². The van der Waals surface area contributed by atoms with Crippen LogP contribution in [0, 0.1) is 0 Å². The molecule has 0 aliphatic carbocycles. The first-order chi connectivity index (χ1) is 8.33. The second-order valence-corrected chi connectivity index (χ2v) is 3.88. The van der Waals surface area contributed by atoms with Gasteiger partial charge in [-0.15, -0.1) is 0 Å². The highest BCUT2D eigenvalue weighted by atomic mass is 16.5. The molecule has 0 N–H and O–H groups in total. The van der Waals surface area contributed by atoms with Crippen molar-refractivity contribution in [2.24, 2.45) is 0 Å². The maximum atomic E-state index is 12.3. The summed E-state index contributed by atoms with van der Waals surface area (Å²) in [6.07, 6.45) is 3.25. The van der Waals surface area contributed by atoms with Gasteiger partial charge in [0, 0.05) is 5.57 Å². The highest BCUT2D eigenvalue weighted by Gasteiger charge is 2.18. The Morgan fingerprint density at radius 1 is 1.41 bits per heavy atom. The third-order valence-corrected chi connectivity index (χ3v) is 2.66. The Morgan fingerprint density at radius 2 is 2.24 bits per heavy atom. The van der Waals surface area contributed by atoms with Gasteiger partial charge in [0.25, 0.3) is 0 Å². The third kappa shape index (κ3) is 2.67. The Hall–Kier alpha value is -1.77. The summed E-state index contributed by atoms with van der Waals surface area (Å²) in [5.41, 5.74) is 1.34. The van der Waals surface area contributed by atoms with Crippen molar-refractivity contribution in [1.29, 1.82) is 0 Å². The van der Waals surface area contributed by atoms with Crippen molar-refractivity contribution in [3.05, 3.63) is 41.7 Å². The summed E-state index contributed by atoms with van der Waals surface area (Å²) in [5, 5.41) is 0. The smallest absolute Gasteiger partial charge is 0.195 e. The molecule has 90 valence electrons. The Labute approximate surface area is 101 Å². The zero-order valence-electron chi connectivity index (χ0n) is 9.94. The average Bonchev–Trinajstić information content (AvgIpc) is 2.40. The molecule has 1 heterocycles. The number of carbonyl (C=O) groups excluding carboxylic acids is 1. The molecule has 0 radical (unpaired) electrons. The summed E-state index contributed by atoms with van der Waals surface area (Å²) >= 11 is 0. The van der Waals surface area contributed by atoms with E-state index in [-0.39, 0.29) is 5.78 Å². The molecule has 0 atom stereocenters. The van der Waals surface area contributed by atoms with Crippen LogP contribution in [0.3, 0.4) is 0 Å². The summed E-state index contributed by atoms with van der Waals surface area (Å²) in [7, 11) is 0.